The first kappa shape index (κ1) is 17.3. The second kappa shape index (κ2) is 5.90. The maximum absolute atomic E-state index is 12.0. The van der Waals surface area contributed by atoms with Gasteiger partial charge in [0.25, 0.3) is 5.56 Å². The molecule has 1 aromatic rings. The number of aromatic amines is 1. The molecule has 0 bridgehead atoms. The Morgan fingerprint density at radius 1 is 1.33 bits per heavy atom. The summed E-state index contributed by atoms with van der Waals surface area (Å²) in [6.45, 7) is 7.20. The third kappa shape index (κ3) is 3.64. The van der Waals surface area contributed by atoms with Crippen LogP contribution in [0.4, 0.5) is 11.5 Å². The highest BCUT2D eigenvalue weighted by atomic mass is 16.5. The van der Waals surface area contributed by atoms with E-state index in [9.17, 15) is 14.7 Å². The van der Waals surface area contributed by atoms with Gasteiger partial charge in [0, 0.05) is 7.11 Å². The second-order valence-corrected chi connectivity index (χ2v) is 5.97. The molecule has 0 amide bonds. The normalized spacial score (nSPS) is 12.5. The van der Waals surface area contributed by atoms with Crippen LogP contribution in [0.1, 0.15) is 27.7 Å². The molecule has 120 valence electrons. The molecule has 0 aliphatic rings. The minimum atomic E-state index is -1.11. The molecule has 0 spiro atoms. The van der Waals surface area contributed by atoms with Crippen molar-refractivity contribution < 1.29 is 9.84 Å². The van der Waals surface area contributed by atoms with Gasteiger partial charge in [0.15, 0.2) is 0 Å². The zero-order valence-electron chi connectivity index (χ0n) is 13.1. The molecule has 0 aromatic carbocycles. The van der Waals surface area contributed by atoms with Crippen molar-refractivity contribution in [1.29, 1.82) is 0 Å². The fraction of sp³-hybridized carbons (Fsp3) is 0.692. The summed E-state index contributed by atoms with van der Waals surface area (Å²) in [5.74, 6) is 0.0122. The summed E-state index contributed by atoms with van der Waals surface area (Å²) >= 11 is 0. The smallest absolute Gasteiger partial charge is 0.330 e. The van der Waals surface area contributed by atoms with Crippen molar-refractivity contribution in [2.24, 2.45) is 0 Å². The van der Waals surface area contributed by atoms with Gasteiger partial charge in [-0.25, -0.2) is 4.79 Å². The molecule has 0 aliphatic carbocycles. The van der Waals surface area contributed by atoms with Crippen LogP contribution < -0.4 is 22.3 Å². The van der Waals surface area contributed by atoms with Gasteiger partial charge in [-0.05, 0) is 27.7 Å². The number of anilines is 2. The Balaban J connectivity index is 3.31. The van der Waals surface area contributed by atoms with Gasteiger partial charge in [0.05, 0.1) is 24.3 Å². The summed E-state index contributed by atoms with van der Waals surface area (Å²) in [7, 11) is 1.50. The number of aliphatic hydroxyl groups is 1. The Morgan fingerprint density at radius 2 is 1.90 bits per heavy atom. The fourth-order valence-corrected chi connectivity index (χ4v) is 1.58. The van der Waals surface area contributed by atoms with E-state index in [-0.39, 0.29) is 24.7 Å². The quantitative estimate of drug-likeness (QED) is 0.573. The van der Waals surface area contributed by atoms with Crippen molar-refractivity contribution in [3.8, 4) is 0 Å². The summed E-state index contributed by atoms with van der Waals surface area (Å²) < 4.78 is 6.13. The first-order valence-corrected chi connectivity index (χ1v) is 6.63. The number of nitrogens with one attached hydrogen (secondary N) is 2. The van der Waals surface area contributed by atoms with E-state index in [1.54, 1.807) is 27.7 Å². The maximum atomic E-state index is 12.0. The predicted molar refractivity (Wildman–Crippen MR) is 81.6 cm³/mol. The van der Waals surface area contributed by atoms with Gasteiger partial charge in [-0.3, -0.25) is 14.3 Å². The summed E-state index contributed by atoms with van der Waals surface area (Å²) in [5.41, 5.74) is 2.81. The van der Waals surface area contributed by atoms with Crippen molar-refractivity contribution in [3.63, 3.8) is 0 Å². The Bertz CT molecular complexity index is 610. The highest BCUT2D eigenvalue weighted by molar-refractivity contribution is 5.62. The number of rotatable bonds is 6. The van der Waals surface area contributed by atoms with Gasteiger partial charge in [-0.15, -0.1) is 0 Å². The molecular weight excluding hydrogens is 276 g/mol. The van der Waals surface area contributed by atoms with Crippen LogP contribution in [-0.2, 0) is 11.3 Å². The number of aromatic nitrogens is 2. The molecule has 0 unspecified atom stereocenters. The van der Waals surface area contributed by atoms with E-state index < -0.39 is 22.4 Å². The third-order valence-electron chi connectivity index (χ3n) is 3.73. The van der Waals surface area contributed by atoms with Gasteiger partial charge >= 0.3 is 5.69 Å². The zero-order chi connectivity index (χ0) is 16.4. The van der Waals surface area contributed by atoms with Crippen LogP contribution in [0.5, 0.6) is 0 Å². The van der Waals surface area contributed by atoms with E-state index >= 15 is 0 Å². The molecule has 5 N–H and O–H groups in total. The van der Waals surface area contributed by atoms with Gasteiger partial charge in [-0.1, -0.05) is 0 Å². The number of hydrogen-bond donors (Lipinski definition) is 4. The molecule has 1 heterocycles. The van der Waals surface area contributed by atoms with E-state index in [4.69, 9.17) is 10.5 Å². The van der Waals surface area contributed by atoms with Crippen LogP contribution in [-0.4, -0.2) is 39.5 Å². The summed E-state index contributed by atoms with van der Waals surface area (Å²) in [5, 5.41) is 13.1. The summed E-state index contributed by atoms with van der Waals surface area (Å²) in [4.78, 5) is 25.9. The van der Waals surface area contributed by atoms with Crippen LogP contribution in [0.25, 0.3) is 0 Å². The minimum Gasteiger partial charge on any atom is -0.388 e. The van der Waals surface area contributed by atoms with Crippen LogP contribution in [0, 0.1) is 0 Å². The molecule has 21 heavy (non-hydrogen) atoms. The third-order valence-corrected chi connectivity index (χ3v) is 3.73. The van der Waals surface area contributed by atoms with Crippen molar-refractivity contribution in [2.45, 2.75) is 45.4 Å². The average molecular weight is 300 g/mol. The average Bonchev–Trinajstić information content (AvgIpc) is 2.33. The van der Waals surface area contributed by atoms with E-state index in [0.29, 0.717) is 0 Å². The number of nitrogen functional groups attached to an aromatic ring is 1. The number of ether oxygens (including phenoxy) is 1. The molecule has 0 saturated carbocycles. The van der Waals surface area contributed by atoms with Gasteiger partial charge < -0.3 is 20.9 Å². The molecule has 0 atom stereocenters. The van der Waals surface area contributed by atoms with E-state index in [0.717, 1.165) is 0 Å². The highest BCUT2D eigenvalue weighted by Gasteiger charge is 2.36. The largest absolute Gasteiger partial charge is 0.388 e. The molecular formula is C13H24N4O4. The van der Waals surface area contributed by atoms with E-state index in [2.05, 4.69) is 10.3 Å². The predicted octanol–water partition coefficient (Wildman–Crippen LogP) is -0.273. The molecule has 8 nitrogen and oxygen atoms in total. The van der Waals surface area contributed by atoms with Crippen LogP contribution in [0.15, 0.2) is 9.59 Å². The fourth-order valence-electron chi connectivity index (χ4n) is 1.58. The number of hydrogen-bond acceptors (Lipinski definition) is 6. The topological polar surface area (TPSA) is 122 Å². The lowest BCUT2D eigenvalue weighted by molar-refractivity contribution is 0.0240. The van der Waals surface area contributed by atoms with Gasteiger partial charge in [0.1, 0.15) is 11.5 Å². The molecule has 0 radical (unpaired) electrons. The van der Waals surface area contributed by atoms with Crippen molar-refractivity contribution in [1.82, 2.24) is 9.55 Å². The molecule has 1 aromatic heterocycles. The maximum Gasteiger partial charge on any atom is 0.330 e. The van der Waals surface area contributed by atoms with Gasteiger partial charge in [-0.2, -0.15) is 0 Å². The highest BCUT2D eigenvalue weighted by Crippen LogP contribution is 2.26. The molecule has 0 fully saturated rings. The second-order valence-electron chi connectivity index (χ2n) is 5.97. The van der Waals surface area contributed by atoms with E-state index in [1.807, 2.05) is 0 Å². The van der Waals surface area contributed by atoms with Crippen LogP contribution in [0.2, 0.25) is 0 Å². The SMILES string of the molecule is COCCn1c(N)c(NC(C)(C)C(C)(C)O)c(=O)[nH]c1=O. The zero-order valence-corrected chi connectivity index (χ0v) is 13.1. The first-order chi connectivity index (χ1) is 9.51. The minimum absolute atomic E-state index is 0.0122. The monoisotopic (exact) mass is 300 g/mol. The Labute approximate surface area is 122 Å². The molecule has 0 aliphatic heterocycles. The standard InChI is InChI=1S/C13H24N4O4/c1-12(2,13(3,4)20)16-8-9(14)17(6-7-21-5)11(19)15-10(8)18/h16,20H,6-7,14H2,1-5H3,(H,15,18,19). The first-order valence-electron chi connectivity index (χ1n) is 6.63. The Morgan fingerprint density at radius 3 is 2.38 bits per heavy atom. The lowest BCUT2D eigenvalue weighted by atomic mass is 9.86. The van der Waals surface area contributed by atoms with Crippen molar-refractivity contribution in [3.05, 3.63) is 20.8 Å². The molecule has 8 heteroatoms. The summed E-state index contributed by atoms with van der Waals surface area (Å²) in [6, 6.07) is 0. The van der Waals surface area contributed by atoms with Crippen molar-refractivity contribution >= 4 is 11.5 Å². The lowest BCUT2D eigenvalue weighted by Crippen LogP contribution is -2.52. The van der Waals surface area contributed by atoms with Crippen LogP contribution >= 0.6 is 0 Å². The summed E-state index contributed by atoms with van der Waals surface area (Å²) in [6.07, 6.45) is 0. The van der Waals surface area contributed by atoms with Crippen LogP contribution in [0.3, 0.4) is 0 Å². The number of nitrogens with zero attached hydrogens (tertiary/aromatic N) is 1. The number of methoxy groups -OCH3 is 1. The molecule has 0 saturated heterocycles. The number of nitrogens with two attached hydrogens (primary N) is 1. The van der Waals surface area contributed by atoms with E-state index in [1.165, 1.54) is 11.7 Å². The van der Waals surface area contributed by atoms with Crippen molar-refractivity contribution in [2.75, 3.05) is 24.8 Å². The van der Waals surface area contributed by atoms with Gasteiger partial charge in [0.2, 0.25) is 0 Å². The molecule has 1 rings (SSSR count). The number of H-pyrrole nitrogens is 1. The Kier molecular flexibility index (Phi) is 4.85. The lowest BCUT2D eigenvalue weighted by Gasteiger charge is -2.38. The Hall–Kier alpha value is -1.80.